The van der Waals surface area contributed by atoms with Crippen molar-refractivity contribution in [3.8, 4) is 5.75 Å². The first-order chi connectivity index (χ1) is 9.25. The lowest BCUT2D eigenvalue weighted by atomic mass is 9.69. The summed E-state index contributed by atoms with van der Waals surface area (Å²) in [4.78, 5) is 0. The van der Waals surface area contributed by atoms with E-state index in [0.29, 0.717) is 19.9 Å². The Labute approximate surface area is 122 Å². The molecule has 19 heavy (non-hydrogen) atoms. The number of fused-ring (bicyclic) bond motifs is 1. The highest BCUT2D eigenvalue weighted by Gasteiger charge is 2.35. The summed E-state index contributed by atoms with van der Waals surface area (Å²) in [5.74, 6) is 0.961. The molecule has 1 aromatic carbocycles. The standard InChI is InChI=1S/C15H20BrNO2/c16-13-6-11-8-18-10-19-14(11)7-12(13)15(9-17)4-2-1-3-5-15/h6-7H,1-5,8-10,17H2. The van der Waals surface area contributed by atoms with Crippen LogP contribution >= 0.6 is 15.9 Å². The van der Waals surface area contributed by atoms with Crippen LogP contribution in [0.2, 0.25) is 0 Å². The molecule has 0 bridgehead atoms. The van der Waals surface area contributed by atoms with Crippen molar-refractivity contribution in [1.82, 2.24) is 0 Å². The van der Waals surface area contributed by atoms with E-state index < -0.39 is 0 Å². The number of hydrogen-bond acceptors (Lipinski definition) is 3. The molecule has 2 N–H and O–H groups in total. The normalized spacial score (nSPS) is 21.6. The van der Waals surface area contributed by atoms with Crippen LogP contribution in [0.1, 0.15) is 43.2 Å². The zero-order valence-electron chi connectivity index (χ0n) is 11.1. The lowest BCUT2D eigenvalue weighted by molar-refractivity contribution is -0.0165. The fourth-order valence-electron chi connectivity index (χ4n) is 3.32. The Balaban J connectivity index is 2.03. The van der Waals surface area contributed by atoms with Crippen LogP contribution in [0, 0.1) is 0 Å². The quantitative estimate of drug-likeness (QED) is 0.905. The van der Waals surface area contributed by atoms with Crippen LogP contribution in [0.25, 0.3) is 0 Å². The summed E-state index contributed by atoms with van der Waals surface area (Å²) < 4.78 is 12.1. The number of ether oxygens (including phenoxy) is 2. The first kappa shape index (κ1) is 13.4. The number of rotatable bonds is 2. The second-order valence-corrected chi connectivity index (χ2v) is 6.45. The number of benzene rings is 1. The highest BCUT2D eigenvalue weighted by molar-refractivity contribution is 9.10. The maximum absolute atomic E-state index is 6.13. The van der Waals surface area contributed by atoms with Crippen molar-refractivity contribution in [3.05, 3.63) is 27.7 Å². The first-order valence-electron chi connectivity index (χ1n) is 6.99. The summed E-state index contributed by atoms with van der Waals surface area (Å²) in [5.41, 5.74) is 8.68. The van der Waals surface area contributed by atoms with Crippen LogP contribution in [0.15, 0.2) is 16.6 Å². The molecule has 0 unspecified atom stereocenters. The molecule has 104 valence electrons. The van der Waals surface area contributed by atoms with Gasteiger partial charge in [-0.05, 0) is 30.5 Å². The van der Waals surface area contributed by atoms with Gasteiger partial charge in [-0.1, -0.05) is 35.2 Å². The Hall–Kier alpha value is -0.580. The van der Waals surface area contributed by atoms with Gasteiger partial charge in [-0.3, -0.25) is 0 Å². The first-order valence-corrected chi connectivity index (χ1v) is 7.78. The molecule has 1 fully saturated rings. The molecule has 0 saturated heterocycles. The van der Waals surface area contributed by atoms with Gasteiger partial charge >= 0.3 is 0 Å². The van der Waals surface area contributed by atoms with Gasteiger partial charge in [0.05, 0.1) is 6.61 Å². The van der Waals surface area contributed by atoms with Crippen LogP contribution in [-0.4, -0.2) is 13.3 Å². The molecule has 1 aliphatic carbocycles. The van der Waals surface area contributed by atoms with E-state index in [1.807, 2.05) is 0 Å². The van der Waals surface area contributed by atoms with Crippen molar-refractivity contribution < 1.29 is 9.47 Å². The highest BCUT2D eigenvalue weighted by Crippen LogP contribution is 2.44. The SMILES string of the molecule is NCC1(c2cc3c(cc2Br)COCO3)CCCCC1. The molecule has 1 saturated carbocycles. The third kappa shape index (κ3) is 2.41. The number of nitrogens with two attached hydrogens (primary N) is 1. The van der Waals surface area contributed by atoms with Gasteiger partial charge in [0.2, 0.25) is 0 Å². The van der Waals surface area contributed by atoms with Gasteiger partial charge in [-0.25, -0.2) is 0 Å². The van der Waals surface area contributed by atoms with Crippen LogP contribution in [0.5, 0.6) is 5.75 Å². The predicted molar refractivity (Wildman–Crippen MR) is 78.2 cm³/mol. The molecular formula is C15H20BrNO2. The molecule has 0 atom stereocenters. The molecule has 0 aromatic heterocycles. The molecule has 4 heteroatoms. The third-order valence-electron chi connectivity index (χ3n) is 4.48. The summed E-state index contributed by atoms with van der Waals surface area (Å²) in [6.45, 7) is 1.69. The number of hydrogen-bond donors (Lipinski definition) is 1. The van der Waals surface area contributed by atoms with Crippen LogP contribution in [-0.2, 0) is 16.8 Å². The minimum atomic E-state index is 0.119. The molecule has 1 aromatic rings. The topological polar surface area (TPSA) is 44.5 Å². The van der Waals surface area contributed by atoms with E-state index in [9.17, 15) is 0 Å². The maximum Gasteiger partial charge on any atom is 0.189 e. The van der Waals surface area contributed by atoms with Gasteiger partial charge in [-0.2, -0.15) is 0 Å². The van der Waals surface area contributed by atoms with Gasteiger partial charge in [-0.15, -0.1) is 0 Å². The molecule has 0 radical (unpaired) electrons. The van der Waals surface area contributed by atoms with Crippen molar-refractivity contribution in [3.63, 3.8) is 0 Å². The van der Waals surface area contributed by atoms with Crippen LogP contribution in [0.4, 0.5) is 0 Å². The lowest BCUT2D eigenvalue weighted by Gasteiger charge is -2.38. The second kappa shape index (κ2) is 5.43. The summed E-state index contributed by atoms with van der Waals surface area (Å²) in [6, 6.07) is 4.32. The summed E-state index contributed by atoms with van der Waals surface area (Å²) in [6.07, 6.45) is 6.22. The minimum Gasteiger partial charge on any atom is -0.467 e. The third-order valence-corrected chi connectivity index (χ3v) is 5.13. The van der Waals surface area contributed by atoms with E-state index in [1.165, 1.54) is 37.7 Å². The monoisotopic (exact) mass is 325 g/mol. The minimum absolute atomic E-state index is 0.119. The average Bonchev–Trinajstić information content (AvgIpc) is 2.47. The van der Waals surface area contributed by atoms with E-state index in [4.69, 9.17) is 15.2 Å². The largest absolute Gasteiger partial charge is 0.467 e. The zero-order chi connectivity index (χ0) is 13.3. The molecule has 3 nitrogen and oxygen atoms in total. The van der Waals surface area contributed by atoms with E-state index in [0.717, 1.165) is 15.8 Å². The summed E-state index contributed by atoms with van der Waals surface area (Å²) >= 11 is 3.72. The van der Waals surface area contributed by atoms with Gasteiger partial charge in [0.15, 0.2) is 6.79 Å². The van der Waals surface area contributed by atoms with Crippen molar-refractivity contribution in [1.29, 1.82) is 0 Å². The van der Waals surface area contributed by atoms with Crippen LogP contribution < -0.4 is 10.5 Å². The second-order valence-electron chi connectivity index (χ2n) is 5.60. The van der Waals surface area contributed by atoms with Crippen LogP contribution in [0.3, 0.4) is 0 Å². The van der Waals surface area contributed by atoms with E-state index in [1.54, 1.807) is 0 Å². The predicted octanol–water partition coefficient (Wildman–Crippen LogP) is 3.48. The van der Waals surface area contributed by atoms with E-state index in [2.05, 4.69) is 28.1 Å². The molecule has 0 amide bonds. The lowest BCUT2D eigenvalue weighted by Crippen LogP contribution is -2.37. The average molecular weight is 326 g/mol. The molecular weight excluding hydrogens is 306 g/mol. The summed E-state index contributed by atoms with van der Waals surface area (Å²) in [7, 11) is 0. The fraction of sp³-hybridized carbons (Fsp3) is 0.600. The Kier molecular flexibility index (Phi) is 3.83. The zero-order valence-corrected chi connectivity index (χ0v) is 12.7. The van der Waals surface area contributed by atoms with Gasteiger partial charge in [0, 0.05) is 22.0 Å². The molecule has 2 aliphatic rings. The van der Waals surface area contributed by atoms with Crippen molar-refractivity contribution in [2.45, 2.75) is 44.1 Å². The van der Waals surface area contributed by atoms with E-state index >= 15 is 0 Å². The number of halogens is 1. The maximum atomic E-state index is 6.13. The Morgan fingerprint density at radius 2 is 2.00 bits per heavy atom. The molecule has 3 rings (SSSR count). The molecule has 1 aliphatic heterocycles. The van der Waals surface area contributed by atoms with Crippen molar-refractivity contribution >= 4 is 15.9 Å². The molecule has 0 spiro atoms. The molecule has 1 heterocycles. The smallest absolute Gasteiger partial charge is 0.189 e. The fourth-order valence-corrected chi connectivity index (χ4v) is 4.13. The summed E-state index contributed by atoms with van der Waals surface area (Å²) in [5, 5.41) is 0. The Morgan fingerprint density at radius 3 is 2.74 bits per heavy atom. The highest BCUT2D eigenvalue weighted by atomic mass is 79.9. The van der Waals surface area contributed by atoms with Gasteiger partial charge in [0.1, 0.15) is 5.75 Å². The van der Waals surface area contributed by atoms with E-state index in [-0.39, 0.29) is 5.41 Å². The Bertz CT molecular complexity index is 469. The van der Waals surface area contributed by atoms with Crippen molar-refractivity contribution in [2.24, 2.45) is 5.73 Å². The van der Waals surface area contributed by atoms with Gasteiger partial charge in [0.25, 0.3) is 0 Å². The van der Waals surface area contributed by atoms with Crippen molar-refractivity contribution in [2.75, 3.05) is 13.3 Å². The Morgan fingerprint density at radius 1 is 1.21 bits per heavy atom. The van der Waals surface area contributed by atoms with Gasteiger partial charge < -0.3 is 15.2 Å².